The highest BCUT2D eigenvalue weighted by Gasteiger charge is 2.33. The first-order valence-electron chi connectivity index (χ1n) is 5.45. The minimum atomic E-state index is -0.911. The first kappa shape index (κ1) is 12.9. The Bertz CT molecular complexity index is 257. The molecule has 0 aliphatic carbocycles. The van der Waals surface area contributed by atoms with Gasteiger partial charge in [-0.1, -0.05) is 6.92 Å². The van der Waals surface area contributed by atoms with Crippen molar-refractivity contribution in [1.82, 2.24) is 10.6 Å². The third-order valence-electron chi connectivity index (χ3n) is 2.52. The smallest absolute Gasteiger partial charge is 0.305 e. The fraction of sp³-hybridized carbons (Fsp3) is 0.800. The minimum absolute atomic E-state index is 0.0369. The number of rotatable bonds is 6. The molecule has 0 aromatic rings. The first-order chi connectivity index (χ1) is 7.65. The number of carboxylic acid groups (broad SMARTS) is 1. The van der Waals surface area contributed by atoms with Crippen molar-refractivity contribution < 1.29 is 19.4 Å². The molecule has 1 aliphatic heterocycles. The van der Waals surface area contributed by atoms with Crippen molar-refractivity contribution in [3.05, 3.63) is 0 Å². The minimum Gasteiger partial charge on any atom is -0.481 e. The summed E-state index contributed by atoms with van der Waals surface area (Å²) < 4.78 is 5.23. The SMILES string of the molecule is CCNC1COCC1C(=O)NCCC(=O)O. The standard InChI is InChI=1S/C10H18N2O4/c1-2-11-8-6-16-5-7(8)10(15)12-4-3-9(13)14/h7-8,11H,2-6H2,1H3,(H,12,15)(H,13,14). The summed E-state index contributed by atoms with van der Waals surface area (Å²) in [5.41, 5.74) is 0. The van der Waals surface area contributed by atoms with E-state index in [-0.39, 0.29) is 30.8 Å². The summed E-state index contributed by atoms with van der Waals surface area (Å²) in [5, 5.41) is 14.2. The van der Waals surface area contributed by atoms with Crippen LogP contribution in [0.4, 0.5) is 0 Å². The monoisotopic (exact) mass is 230 g/mol. The molecule has 0 aromatic heterocycles. The lowest BCUT2D eigenvalue weighted by molar-refractivity contribution is -0.137. The lowest BCUT2D eigenvalue weighted by Gasteiger charge is -2.17. The third kappa shape index (κ3) is 3.79. The molecule has 2 atom stereocenters. The Morgan fingerprint density at radius 2 is 2.19 bits per heavy atom. The summed E-state index contributed by atoms with van der Waals surface area (Å²) in [5.74, 6) is -1.26. The molecule has 1 heterocycles. The maximum absolute atomic E-state index is 11.7. The van der Waals surface area contributed by atoms with Gasteiger partial charge in [0.25, 0.3) is 0 Å². The number of carbonyl (C=O) groups excluding carboxylic acids is 1. The zero-order chi connectivity index (χ0) is 12.0. The van der Waals surface area contributed by atoms with Crippen molar-refractivity contribution in [2.45, 2.75) is 19.4 Å². The maximum atomic E-state index is 11.7. The highest BCUT2D eigenvalue weighted by atomic mass is 16.5. The van der Waals surface area contributed by atoms with Gasteiger partial charge in [0.1, 0.15) is 0 Å². The van der Waals surface area contributed by atoms with E-state index in [1.54, 1.807) is 0 Å². The summed E-state index contributed by atoms with van der Waals surface area (Å²) in [4.78, 5) is 22.0. The summed E-state index contributed by atoms with van der Waals surface area (Å²) in [6.07, 6.45) is -0.0504. The van der Waals surface area contributed by atoms with Gasteiger partial charge >= 0.3 is 5.97 Å². The van der Waals surface area contributed by atoms with Crippen molar-refractivity contribution >= 4 is 11.9 Å². The van der Waals surface area contributed by atoms with Gasteiger partial charge in [-0.3, -0.25) is 9.59 Å². The molecule has 0 aromatic carbocycles. The van der Waals surface area contributed by atoms with Crippen molar-refractivity contribution in [2.24, 2.45) is 5.92 Å². The molecule has 0 spiro atoms. The molecule has 16 heavy (non-hydrogen) atoms. The van der Waals surface area contributed by atoms with Crippen LogP contribution in [0.5, 0.6) is 0 Å². The predicted octanol–water partition coefficient (Wildman–Crippen LogP) is -0.798. The summed E-state index contributed by atoms with van der Waals surface area (Å²) in [6.45, 7) is 3.86. The quantitative estimate of drug-likeness (QED) is 0.556. The van der Waals surface area contributed by atoms with Crippen molar-refractivity contribution in [3.63, 3.8) is 0 Å². The van der Waals surface area contributed by atoms with E-state index in [2.05, 4.69) is 10.6 Å². The number of ether oxygens (including phenoxy) is 1. The van der Waals surface area contributed by atoms with Crippen LogP contribution in [-0.2, 0) is 14.3 Å². The molecule has 0 radical (unpaired) electrons. The molecule has 1 fully saturated rings. The van der Waals surface area contributed by atoms with Crippen LogP contribution >= 0.6 is 0 Å². The van der Waals surface area contributed by atoms with E-state index in [0.29, 0.717) is 13.2 Å². The first-order valence-corrected chi connectivity index (χ1v) is 5.45. The molecule has 0 saturated carbocycles. The van der Waals surface area contributed by atoms with E-state index in [0.717, 1.165) is 6.54 Å². The fourth-order valence-corrected chi connectivity index (χ4v) is 1.70. The molecule has 92 valence electrons. The van der Waals surface area contributed by atoms with Crippen molar-refractivity contribution in [3.8, 4) is 0 Å². The molecule has 3 N–H and O–H groups in total. The number of nitrogens with one attached hydrogen (secondary N) is 2. The highest BCUT2D eigenvalue weighted by molar-refractivity contribution is 5.80. The topological polar surface area (TPSA) is 87.7 Å². The Kier molecular flexibility index (Phi) is 5.21. The van der Waals surface area contributed by atoms with E-state index >= 15 is 0 Å². The summed E-state index contributed by atoms with van der Waals surface area (Å²) in [6, 6.07) is 0.0369. The lowest BCUT2D eigenvalue weighted by Crippen LogP contribution is -2.44. The Morgan fingerprint density at radius 1 is 1.44 bits per heavy atom. The Morgan fingerprint density at radius 3 is 2.81 bits per heavy atom. The zero-order valence-corrected chi connectivity index (χ0v) is 9.36. The average Bonchev–Trinajstić information content (AvgIpc) is 2.66. The van der Waals surface area contributed by atoms with Crippen molar-refractivity contribution in [2.75, 3.05) is 26.3 Å². The molecule has 6 nitrogen and oxygen atoms in total. The molecule has 1 saturated heterocycles. The molecule has 1 aliphatic rings. The normalized spacial score (nSPS) is 24.3. The van der Waals surface area contributed by atoms with E-state index < -0.39 is 5.97 Å². The van der Waals surface area contributed by atoms with Crippen LogP contribution in [0, 0.1) is 5.92 Å². The van der Waals surface area contributed by atoms with E-state index in [4.69, 9.17) is 9.84 Å². The Hall–Kier alpha value is -1.14. The third-order valence-corrected chi connectivity index (χ3v) is 2.52. The number of amides is 1. The van der Waals surface area contributed by atoms with Crippen LogP contribution in [0.3, 0.4) is 0 Å². The van der Waals surface area contributed by atoms with Gasteiger partial charge < -0.3 is 20.5 Å². The molecule has 1 amide bonds. The van der Waals surface area contributed by atoms with Gasteiger partial charge in [-0.25, -0.2) is 0 Å². The number of likely N-dealkylation sites (N-methyl/N-ethyl adjacent to an activating group) is 1. The number of aliphatic carboxylic acids is 1. The molecule has 1 rings (SSSR count). The van der Waals surface area contributed by atoms with E-state index in [1.165, 1.54) is 0 Å². The second kappa shape index (κ2) is 6.44. The van der Waals surface area contributed by atoms with Crippen LogP contribution in [-0.4, -0.2) is 49.3 Å². The maximum Gasteiger partial charge on any atom is 0.305 e. The molecule has 6 heteroatoms. The van der Waals surface area contributed by atoms with E-state index in [9.17, 15) is 9.59 Å². The predicted molar refractivity (Wildman–Crippen MR) is 57.0 cm³/mol. The van der Waals surface area contributed by atoms with Crippen LogP contribution in [0.1, 0.15) is 13.3 Å². The average molecular weight is 230 g/mol. The van der Waals surface area contributed by atoms with Gasteiger partial charge in [-0.2, -0.15) is 0 Å². The molecular formula is C10H18N2O4. The number of carbonyl (C=O) groups is 2. The summed E-state index contributed by atoms with van der Waals surface area (Å²) in [7, 11) is 0. The highest BCUT2D eigenvalue weighted by Crippen LogP contribution is 2.13. The Balaban J connectivity index is 2.31. The van der Waals surface area contributed by atoms with Gasteiger partial charge in [0, 0.05) is 12.6 Å². The van der Waals surface area contributed by atoms with Crippen LogP contribution < -0.4 is 10.6 Å². The zero-order valence-electron chi connectivity index (χ0n) is 9.36. The number of hydrogen-bond donors (Lipinski definition) is 3. The lowest BCUT2D eigenvalue weighted by atomic mass is 10.0. The van der Waals surface area contributed by atoms with Gasteiger partial charge in [0.15, 0.2) is 0 Å². The van der Waals surface area contributed by atoms with Gasteiger partial charge in [0.05, 0.1) is 25.6 Å². The number of hydrogen-bond acceptors (Lipinski definition) is 4. The van der Waals surface area contributed by atoms with E-state index in [1.807, 2.05) is 6.92 Å². The van der Waals surface area contributed by atoms with Crippen LogP contribution in [0.2, 0.25) is 0 Å². The largest absolute Gasteiger partial charge is 0.481 e. The van der Waals surface area contributed by atoms with Crippen molar-refractivity contribution in [1.29, 1.82) is 0 Å². The summed E-state index contributed by atoms with van der Waals surface area (Å²) >= 11 is 0. The second-order valence-corrected chi connectivity index (χ2v) is 3.74. The number of carboxylic acids is 1. The molecular weight excluding hydrogens is 212 g/mol. The second-order valence-electron chi connectivity index (χ2n) is 3.74. The Labute approximate surface area is 94.3 Å². The van der Waals surface area contributed by atoms with Gasteiger partial charge in [0.2, 0.25) is 5.91 Å². The molecule has 2 unspecified atom stereocenters. The van der Waals surface area contributed by atoms with Crippen LogP contribution in [0.25, 0.3) is 0 Å². The van der Waals surface area contributed by atoms with Gasteiger partial charge in [-0.05, 0) is 6.54 Å². The van der Waals surface area contributed by atoms with Crippen LogP contribution in [0.15, 0.2) is 0 Å². The fourth-order valence-electron chi connectivity index (χ4n) is 1.70. The van der Waals surface area contributed by atoms with Gasteiger partial charge in [-0.15, -0.1) is 0 Å². The molecule has 0 bridgehead atoms.